The molecule has 14 heavy (non-hydrogen) atoms. The van der Waals surface area contributed by atoms with E-state index in [9.17, 15) is 0 Å². The van der Waals surface area contributed by atoms with Gasteiger partial charge in [-0.1, -0.05) is 37.8 Å². The first-order chi connectivity index (χ1) is 6.43. The number of allylic oxidation sites excluding steroid dienone is 4. The van der Waals surface area contributed by atoms with E-state index in [2.05, 4.69) is 44.8 Å². The van der Waals surface area contributed by atoms with Crippen LogP contribution in [0.15, 0.2) is 23.3 Å². The van der Waals surface area contributed by atoms with Gasteiger partial charge in [-0.15, -0.1) is 0 Å². The highest BCUT2D eigenvalue weighted by Crippen LogP contribution is 2.36. The Hall–Kier alpha value is -1.00. The molecular weight excluding hydrogens is 172 g/mol. The molecule has 76 valence electrons. The lowest BCUT2D eigenvalue weighted by Crippen LogP contribution is -2.17. The molecule has 0 aromatic heterocycles. The average Bonchev–Trinajstić information content (AvgIpc) is 2.01. The summed E-state index contributed by atoms with van der Waals surface area (Å²) < 4.78 is 0. The summed E-state index contributed by atoms with van der Waals surface area (Å²) in [7, 11) is 0. The number of aliphatic hydroxyl groups is 1. The largest absolute Gasteiger partial charge is 0.381 e. The molecule has 1 nitrogen and oxygen atoms in total. The van der Waals surface area contributed by atoms with Crippen molar-refractivity contribution in [2.24, 2.45) is 5.41 Å². The Morgan fingerprint density at radius 2 is 2.14 bits per heavy atom. The summed E-state index contributed by atoms with van der Waals surface area (Å²) in [6, 6.07) is 0. The topological polar surface area (TPSA) is 20.2 Å². The Morgan fingerprint density at radius 3 is 2.64 bits per heavy atom. The maximum absolute atomic E-state index is 9.13. The van der Waals surface area contributed by atoms with E-state index in [-0.39, 0.29) is 5.41 Å². The van der Waals surface area contributed by atoms with Crippen LogP contribution < -0.4 is 0 Å². The van der Waals surface area contributed by atoms with Gasteiger partial charge in [0.1, 0.15) is 6.10 Å². The highest BCUT2D eigenvalue weighted by Gasteiger charge is 2.24. The van der Waals surface area contributed by atoms with Crippen molar-refractivity contribution in [3.05, 3.63) is 23.3 Å². The smallest absolute Gasteiger partial charge is 0.112 e. The number of hydrogen-bond acceptors (Lipinski definition) is 1. The van der Waals surface area contributed by atoms with E-state index in [4.69, 9.17) is 5.11 Å². The first kappa shape index (κ1) is 11.1. The monoisotopic (exact) mass is 190 g/mol. The minimum Gasteiger partial charge on any atom is -0.381 e. The van der Waals surface area contributed by atoms with Crippen molar-refractivity contribution in [1.82, 2.24) is 0 Å². The standard InChI is InChI=1S/C13H18O/c1-10-6-5-9-13(3,4)12(10)8-7-11(2)14/h5-6,11,14H,9H2,1-4H3. The third kappa shape index (κ3) is 2.49. The van der Waals surface area contributed by atoms with Crippen LogP contribution in [-0.2, 0) is 0 Å². The predicted molar refractivity (Wildman–Crippen MR) is 59.7 cm³/mol. The van der Waals surface area contributed by atoms with Crippen LogP contribution in [0.1, 0.15) is 34.1 Å². The van der Waals surface area contributed by atoms with Gasteiger partial charge in [0.05, 0.1) is 0 Å². The van der Waals surface area contributed by atoms with Gasteiger partial charge >= 0.3 is 0 Å². The second kappa shape index (κ2) is 4.02. The summed E-state index contributed by atoms with van der Waals surface area (Å²) in [5.74, 6) is 5.90. The minimum absolute atomic E-state index is 0.112. The Balaban J connectivity index is 3.04. The second-order valence-corrected chi connectivity index (χ2v) is 4.49. The molecule has 1 heteroatoms. The van der Waals surface area contributed by atoms with Gasteiger partial charge in [0, 0.05) is 11.0 Å². The van der Waals surface area contributed by atoms with E-state index in [1.807, 2.05) is 0 Å². The van der Waals surface area contributed by atoms with Crippen molar-refractivity contribution in [2.75, 3.05) is 0 Å². The van der Waals surface area contributed by atoms with E-state index in [0.29, 0.717) is 0 Å². The highest BCUT2D eigenvalue weighted by atomic mass is 16.3. The molecule has 1 aliphatic carbocycles. The maximum Gasteiger partial charge on any atom is 0.112 e. The Bertz CT molecular complexity index is 332. The summed E-state index contributed by atoms with van der Waals surface area (Å²) >= 11 is 0. The van der Waals surface area contributed by atoms with Crippen LogP contribution in [0.25, 0.3) is 0 Å². The normalized spacial score (nSPS) is 21.5. The lowest BCUT2D eigenvalue weighted by molar-refractivity contribution is 0.253. The molecule has 0 heterocycles. The average molecular weight is 190 g/mol. The van der Waals surface area contributed by atoms with Crippen LogP contribution in [0.2, 0.25) is 0 Å². The molecule has 1 N–H and O–H groups in total. The third-order valence-electron chi connectivity index (χ3n) is 2.47. The van der Waals surface area contributed by atoms with E-state index < -0.39 is 6.10 Å². The molecule has 1 rings (SSSR count). The summed E-state index contributed by atoms with van der Waals surface area (Å²) in [5.41, 5.74) is 2.48. The first-order valence-corrected chi connectivity index (χ1v) is 5.01. The molecule has 0 saturated heterocycles. The van der Waals surface area contributed by atoms with Gasteiger partial charge in [0.2, 0.25) is 0 Å². The number of rotatable bonds is 0. The van der Waals surface area contributed by atoms with Gasteiger partial charge in [-0.05, 0) is 25.8 Å². The predicted octanol–water partition coefficient (Wildman–Crippen LogP) is 2.67. The Labute approximate surface area is 86.5 Å². The second-order valence-electron chi connectivity index (χ2n) is 4.49. The van der Waals surface area contributed by atoms with Crippen molar-refractivity contribution < 1.29 is 5.11 Å². The van der Waals surface area contributed by atoms with Gasteiger partial charge in [-0.2, -0.15) is 0 Å². The van der Waals surface area contributed by atoms with E-state index >= 15 is 0 Å². The summed E-state index contributed by atoms with van der Waals surface area (Å²) in [5, 5.41) is 9.13. The van der Waals surface area contributed by atoms with Crippen LogP contribution in [0.3, 0.4) is 0 Å². The first-order valence-electron chi connectivity index (χ1n) is 5.01. The Kier molecular flexibility index (Phi) is 3.18. The molecule has 0 aliphatic heterocycles. The molecule has 0 aromatic rings. The van der Waals surface area contributed by atoms with Crippen LogP contribution in [0.5, 0.6) is 0 Å². The fraction of sp³-hybridized carbons (Fsp3) is 0.538. The minimum atomic E-state index is -0.544. The van der Waals surface area contributed by atoms with Crippen LogP contribution in [0, 0.1) is 17.3 Å². The molecule has 0 saturated carbocycles. The molecular formula is C13H18O. The molecule has 1 unspecified atom stereocenters. The number of aliphatic hydroxyl groups excluding tert-OH is 1. The maximum atomic E-state index is 9.13. The molecule has 0 bridgehead atoms. The zero-order valence-electron chi connectivity index (χ0n) is 9.39. The van der Waals surface area contributed by atoms with E-state index in [1.165, 1.54) is 5.57 Å². The van der Waals surface area contributed by atoms with Gasteiger partial charge in [-0.25, -0.2) is 0 Å². The lowest BCUT2D eigenvalue weighted by Gasteiger charge is -2.27. The van der Waals surface area contributed by atoms with Crippen molar-refractivity contribution in [3.63, 3.8) is 0 Å². The molecule has 0 amide bonds. The van der Waals surface area contributed by atoms with E-state index in [0.717, 1.165) is 12.0 Å². The Morgan fingerprint density at radius 1 is 1.50 bits per heavy atom. The van der Waals surface area contributed by atoms with Gasteiger partial charge in [-0.3, -0.25) is 0 Å². The van der Waals surface area contributed by atoms with E-state index in [1.54, 1.807) is 6.92 Å². The zero-order valence-corrected chi connectivity index (χ0v) is 9.39. The fourth-order valence-electron chi connectivity index (χ4n) is 1.69. The molecule has 1 atom stereocenters. The summed E-state index contributed by atoms with van der Waals surface area (Å²) in [4.78, 5) is 0. The zero-order chi connectivity index (χ0) is 10.8. The van der Waals surface area contributed by atoms with Crippen molar-refractivity contribution in [3.8, 4) is 11.8 Å². The molecule has 0 spiro atoms. The SMILES string of the molecule is CC1=C(C#CC(C)O)C(C)(C)CC=C1. The van der Waals surface area contributed by atoms with Crippen molar-refractivity contribution >= 4 is 0 Å². The fourth-order valence-corrected chi connectivity index (χ4v) is 1.69. The summed E-state index contributed by atoms with van der Waals surface area (Å²) in [6.45, 7) is 8.14. The quantitative estimate of drug-likeness (QED) is 0.582. The van der Waals surface area contributed by atoms with Crippen molar-refractivity contribution in [1.29, 1.82) is 0 Å². The van der Waals surface area contributed by atoms with Crippen LogP contribution in [0.4, 0.5) is 0 Å². The summed E-state index contributed by atoms with van der Waals surface area (Å²) in [6.07, 6.45) is 4.77. The van der Waals surface area contributed by atoms with Gasteiger partial charge < -0.3 is 5.11 Å². The molecule has 0 aromatic carbocycles. The highest BCUT2D eigenvalue weighted by molar-refractivity contribution is 5.45. The van der Waals surface area contributed by atoms with Gasteiger partial charge in [0.25, 0.3) is 0 Å². The molecule has 0 radical (unpaired) electrons. The number of hydrogen-bond donors (Lipinski definition) is 1. The van der Waals surface area contributed by atoms with Crippen LogP contribution >= 0.6 is 0 Å². The van der Waals surface area contributed by atoms with Crippen LogP contribution in [-0.4, -0.2) is 11.2 Å². The van der Waals surface area contributed by atoms with Gasteiger partial charge in [0.15, 0.2) is 0 Å². The lowest BCUT2D eigenvalue weighted by atomic mass is 9.76. The molecule has 0 fully saturated rings. The molecule has 1 aliphatic rings. The van der Waals surface area contributed by atoms with Crippen molar-refractivity contribution in [2.45, 2.75) is 40.2 Å². The third-order valence-corrected chi connectivity index (χ3v) is 2.47.